The molecular formula is C12H12BrN5. The van der Waals surface area contributed by atoms with E-state index in [1.54, 1.807) is 0 Å². The summed E-state index contributed by atoms with van der Waals surface area (Å²) in [5.41, 5.74) is 8.56. The molecule has 3 rings (SSSR count). The lowest BCUT2D eigenvalue weighted by Crippen LogP contribution is -1.99. The molecule has 0 fully saturated rings. The predicted molar refractivity (Wildman–Crippen MR) is 74.7 cm³/mol. The molecule has 0 saturated carbocycles. The summed E-state index contributed by atoms with van der Waals surface area (Å²) in [5.74, 6) is 0.570. The third-order valence-electron chi connectivity index (χ3n) is 2.90. The molecule has 0 atom stereocenters. The number of aryl methyl sites for hydroxylation is 1. The second-order valence-corrected chi connectivity index (χ2v) is 4.85. The van der Waals surface area contributed by atoms with E-state index >= 15 is 0 Å². The molecule has 3 N–H and O–H groups in total. The van der Waals surface area contributed by atoms with Crippen molar-refractivity contribution in [3.05, 3.63) is 34.4 Å². The summed E-state index contributed by atoms with van der Waals surface area (Å²) in [7, 11) is 0. The molecule has 0 saturated heterocycles. The van der Waals surface area contributed by atoms with E-state index in [0.717, 1.165) is 33.3 Å². The van der Waals surface area contributed by atoms with Gasteiger partial charge in [-0.25, -0.2) is 4.68 Å². The van der Waals surface area contributed by atoms with Gasteiger partial charge in [-0.3, -0.25) is 5.10 Å². The maximum atomic E-state index is 5.90. The fraction of sp³-hybridized carbons (Fsp3) is 0.167. The molecule has 0 unspecified atom stereocenters. The van der Waals surface area contributed by atoms with Gasteiger partial charge in [-0.2, -0.15) is 10.2 Å². The lowest BCUT2D eigenvalue weighted by Gasteiger charge is -2.03. The van der Waals surface area contributed by atoms with Crippen molar-refractivity contribution in [2.45, 2.75) is 13.3 Å². The first-order valence-corrected chi connectivity index (χ1v) is 6.48. The van der Waals surface area contributed by atoms with Crippen molar-refractivity contribution >= 4 is 32.8 Å². The van der Waals surface area contributed by atoms with E-state index < -0.39 is 0 Å². The quantitative estimate of drug-likeness (QED) is 0.764. The molecule has 18 heavy (non-hydrogen) atoms. The second kappa shape index (κ2) is 4.13. The molecule has 3 aromatic rings. The van der Waals surface area contributed by atoms with Gasteiger partial charge in [0.1, 0.15) is 5.82 Å². The van der Waals surface area contributed by atoms with Gasteiger partial charge in [0.2, 0.25) is 0 Å². The Bertz CT molecular complexity index is 712. The summed E-state index contributed by atoms with van der Waals surface area (Å²) in [6.45, 7) is 2.05. The van der Waals surface area contributed by atoms with Gasteiger partial charge in [0.25, 0.3) is 0 Å². The van der Waals surface area contributed by atoms with Crippen molar-refractivity contribution < 1.29 is 0 Å². The number of nitrogens with zero attached hydrogens (tertiary/aromatic N) is 3. The van der Waals surface area contributed by atoms with Crippen LogP contribution in [0.3, 0.4) is 0 Å². The smallest absolute Gasteiger partial charge is 0.186 e. The summed E-state index contributed by atoms with van der Waals surface area (Å²) in [6.07, 6.45) is 0.817. The average molecular weight is 306 g/mol. The van der Waals surface area contributed by atoms with Crippen LogP contribution in [0.5, 0.6) is 0 Å². The second-order valence-electron chi connectivity index (χ2n) is 4.00. The van der Waals surface area contributed by atoms with Crippen molar-refractivity contribution in [1.29, 1.82) is 0 Å². The van der Waals surface area contributed by atoms with Crippen LogP contribution in [-0.4, -0.2) is 20.0 Å². The van der Waals surface area contributed by atoms with Crippen molar-refractivity contribution in [2.24, 2.45) is 0 Å². The normalized spacial score (nSPS) is 11.2. The Morgan fingerprint density at radius 2 is 2.17 bits per heavy atom. The van der Waals surface area contributed by atoms with Gasteiger partial charge in [-0.15, -0.1) is 0 Å². The van der Waals surface area contributed by atoms with E-state index in [-0.39, 0.29) is 0 Å². The number of para-hydroxylation sites is 1. The van der Waals surface area contributed by atoms with E-state index in [9.17, 15) is 0 Å². The Hall–Kier alpha value is -1.82. The fourth-order valence-corrected chi connectivity index (χ4v) is 2.49. The lowest BCUT2D eigenvalue weighted by molar-refractivity contribution is 0.841. The number of H-pyrrole nitrogens is 1. The Balaban J connectivity index is 2.34. The van der Waals surface area contributed by atoms with Gasteiger partial charge in [-0.1, -0.05) is 19.1 Å². The van der Waals surface area contributed by atoms with Gasteiger partial charge in [0, 0.05) is 4.47 Å². The van der Waals surface area contributed by atoms with Crippen molar-refractivity contribution in [2.75, 3.05) is 5.73 Å². The predicted octanol–water partition coefficient (Wildman–Crippen LogP) is 2.66. The summed E-state index contributed by atoms with van der Waals surface area (Å²) < 4.78 is 2.78. The topological polar surface area (TPSA) is 72.5 Å². The highest BCUT2D eigenvalue weighted by Crippen LogP contribution is 2.28. The minimum absolute atomic E-state index is 0.570. The molecule has 0 spiro atoms. The number of aromatic nitrogens is 4. The molecule has 2 heterocycles. The minimum Gasteiger partial charge on any atom is -0.383 e. The number of fused-ring (bicyclic) bond motifs is 1. The highest BCUT2D eigenvalue weighted by Gasteiger charge is 2.17. The molecule has 0 radical (unpaired) electrons. The minimum atomic E-state index is 0.570. The van der Waals surface area contributed by atoms with Crippen LogP contribution in [0.2, 0.25) is 0 Å². The highest BCUT2D eigenvalue weighted by molar-refractivity contribution is 9.10. The summed E-state index contributed by atoms with van der Waals surface area (Å²) in [6, 6.07) is 7.90. The Kier molecular flexibility index (Phi) is 2.59. The molecule has 0 aliphatic rings. The Labute approximate surface area is 112 Å². The van der Waals surface area contributed by atoms with Crippen LogP contribution in [-0.2, 0) is 6.42 Å². The van der Waals surface area contributed by atoms with Crippen molar-refractivity contribution in [3.8, 4) is 5.69 Å². The lowest BCUT2D eigenvalue weighted by atomic mass is 10.2. The van der Waals surface area contributed by atoms with Crippen LogP contribution in [0.4, 0.5) is 5.82 Å². The van der Waals surface area contributed by atoms with Crippen molar-refractivity contribution in [1.82, 2.24) is 20.0 Å². The van der Waals surface area contributed by atoms with Crippen LogP contribution < -0.4 is 5.73 Å². The van der Waals surface area contributed by atoms with Crippen LogP contribution in [0, 0.1) is 0 Å². The van der Waals surface area contributed by atoms with Crippen LogP contribution in [0.25, 0.3) is 16.7 Å². The first kappa shape index (κ1) is 11.3. The van der Waals surface area contributed by atoms with E-state index in [2.05, 4.69) is 38.1 Å². The van der Waals surface area contributed by atoms with Crippen LogP contribution >= 0.6 is 15.9 Å². The van der Waals surface area contributed by atoms with E-state index in [0.29, 0.717) is 5.82 Å². The first-order chi connectivity index (χ1) is 8.72. The Morgan fingerprint density at radius 1 is 1.39 bits per heavy atom. The number of nitrogen functional groups attached to an aromatic ring is 1. The zero-order chi connectivity index (χ0) is 12.7. The Morgan fingerprint density at radius 3 is 2.89 bits per heavy atom. The third-order valence-corrected chi connectivity index (χ3v) is 3.57. The number of nitrogens with two attached hydrogens (primary N) is 1. The van der Waals surface area contributed by atoms with E-state index in [1.807, 2.05) is 28.9 Å². The zero-order valence-corrected chi connectivity index (χ0v) is 11.4. The first-order valence-electron chi connectivity index (χ1n) is 5.68. The number of hydrogen-bond acceptors (Lipinski definition) is 3. The summed E-state index contributed by atoms with van der Waals surface area (Å²) >= 11 is 3.53. The molecule has 0 amide bonds. The summed E-state index contributed by atoms with van der Waals surface area (Å²) in [4.78, 5) is 0. The third kappa shape index (κ3) is 1.53. The van der Waals surface area contributed by atoms with E-state index in [1.165, 1.54) is 0 Å². The highest BCUT2D eigenvalue weighted by atomic mass is 79.9. The van der Waals surface area contributed by atoms with Crippen LogP contribution in [0.1, 0.15) is 12.6 Å². The molecule has 0 aliphatic heterocycles. The maximum Gasteiger partial charge on any atom is 0.186 e. The SMILES string of the molecule is CCc1nn(-c2ccccc2Br)c2n[nH]c(N)c12. The maximum absolute atomic E-state index is 5.90. The number of aromatic amines is 1. The number of halogens is 1. The van der Waals surface area contributed by atoms with Gasteiger partial charge in [0.15, 0.2) is 5.65 Å². The molecule has 1 aromatic carbocycles. The van der Waals surface area contributed by atoms with Gasteiger partial charge in [0.05, 0.1) is 16.8 Å². The molecular weight excluding hydrogens is 294 g/mol. The standard InChI is InChI=1S/C12H12BrN5/c1-2-8-10-11(14)15-16-12(10)18(17-8)9-6-4-3-5-7(9)13/h3-6H,2H2,1H3,(H3,14,15,16). The molecule has 5 nitrogen and oxygen atoms in total. The summed E-state index contributed by atoms with van der Waals surface area (Å²) in [5, 5.41) is 12.5. The molecule has 0 bridgehead atoms. The molecule has 2 aromatic heterocycles. The molecule has 0 aliphatic carbocycles. The number of anilines is 1. The number of hydrogen-bond donors (Lipinski definition) is 2. The van der Waals surface area contributed by atoms with E-state index in [4.69, 9.17) is 5.73 Å². The molecule has 6 heteroatoms. The average Bonchev–Trinajstić information content (AvgIpc) is 2.92. The number of rotatable bonds is 2. The van der Waals surface area contributed by atoms with Gasteiger partial charge >= 0.3 is 0 Å². The number of nitrogens with one attached hydrogen (secondary N) is 1. The fourth-order valence-electron chi connectivity index (χ4n) is 2.04. The largest absolute Gasteiger partial charge is 0.383 e. The zero-order valence-electron chi connectivity index (χ0n) is 9.81. The number of benzene rings is 1. The van der Waals surface area contributed by atoms with Crippen molar-refractivity contribution in [3.63, 3.8) is 0 Å². The monoisotopic (exact) mass is 305 g/mol. The van der Waals surface area contributed by atoms with Gasteiger partial charge < -0.3 is 5.73 Å². The van der Waals surface area contributed by atoms with Gasteiger partial charge in [-0.05, 0) is 34.5 Å². The van der Waals surface area contributed by atoms with Crippen LogP contribution in [0.15, 0.2) is 28.7 Å². The molecule has 92 valence electrons.